The molecule has 4 atom stereocenters. The smallest absolute Gasteiger partial charge is 0.227 e. The van der Waals surface area contributed by atoms with E-state index in [2.05, 4.69) is 12.2 Å². The van der Waals surface area contributed by atoms with Crippen molar-refractivity contribution in [3.8, 4) is 0 Å². The Labute approximate surface area is 136 Å². The van der Waals surface area contributed by atoms with Crippen molar-refractivity contribution in [3.05, 3.63) is 12.2 Å². The van der Waals surface area contributed by atoms with Gasteiger partial charge in [0.15, 0.2) is 0 Å². The molecule has 0 unspecified atom stereocenters. The molecule has 0 aromatic heterocycles. The van der Waals surface area contributed by atoms with Gasteiger partial charge in [0.1, 0.15) is 0 Å². The number of amides is 2. The maximum Gasteiger partial charge on any atom is 0.227 e. The first-order valence-electron chi connectivity index (χ1n) is 8.67. The third kappa shape index (κ3) is 2.68. The molecule has 4 rings (SSSR count). The van der Waals surface area contributed by atoms with Crippen LogP contribution in [0.3, 0.4) is 0 Å². The van der Waals surface area contributed by atoms with E-state index in [9.17, 15) is 9.59 Å². The van der Waals surface area contributed by atoms with Gasteiger partial charge in [-0.1, -0.05) is 12.2 Å². The van der Waals surface area contributed by atoms with E-state index in [-0.39, 0.29) is 35.5 Å². The number of nitrogens with zero attached hydrogens (tertiary/aromatic N) is 2. The summed E-state index contributed by atoms with van der Waals surface area (Å²) in [6, 6.07) is 0. The summed E-state index contributed by atoms with van der Waals surface area (Å²) in [5, 5.41) is 0. The number of morpholine rings is 2. The molecule has 0 spiro atoms. The molecule has 2 aliphatic heterocycles. The van der Waals surface area contributed by atoms with Gasteiger partial charge in [0.2, 0.25) is 11.8 Å². The molecule has 3 fully saturated rings. The van der Waals surface area contributed by atoms with Crippen molar-refractivity contribution in [1.82, 2.24) is 9.80 Å². The van der Waals surface area contributed by atoms with Crippen LogP contribution in [0.2, 0.25) is 0 Å². The lowest BCUT2D eigenvalue weighted by Crippen LogP contribution is -2.51. The lowest BCUT2D eigenvalue weighted by Gasteiger charge is -2.36. The predicted octanol–water partition coefficient (Wildman–Crippen LogP) is 0.142. The summed E-state index contributed by atoms with van der Waals surface area (Å²) in [6.45, 7) is 5.00. The fourth-order valence-electron chi connectivity index (χ4n) is 4.48. The maximum atomic E-state index is 13.0. The van der Waals surface area contributed by atoms with E-state index in [1.807, 2.05) is 9.80 Å². The van der Waals surface area contributed by atoms with Gasteiger partial charge in [-0.3, -0.25) is 9.59 Å². The van der Waals surface area contributed by atoms with Crippen LogP contribution in [-0.2, 0) is 19.1 Å². The molecule has 0 aromatic rings. The summed E-state index contributed by atoms with van der Waals surface area (Å²) in [4.78, 5) is 29.8. The fraction of sp³-hybridized carbons (Fsp3) is 0.765. The molecule has 0 N–H and O–H groups in total. The second kappa shape index (κ2) is 6.24. The third-order valence-electron chi connectivity index (χ3n) is 5.68. The van der Waals surface area contributed by atoms with Crippen LogP contribution in [-0.4, -0.2) is 74.2 Å². The summed E-state index contributed by atoms with van der Waals surface area (Å²) < 4.78 is 10.7. The zero-order valence-electron chi connectivity index (χ0n) is 13.4. The molecule has 4 aliphatic rings. The number of carbonyl (C=O) groups excluding carboxylic acids is 2. The highest BCUT2D eigenvalue weighted by atomic mass is 16.5. The Balaban J connectivity index is 1.53. The molecule has 2 saturated heterocycles. The summed E-state index contributed by atoms with van der Waals surface area (Å²) in [6.07, 6.45) is 5.25. The van der Waals surface area contributed by atoms with E-state index in [4.69, 9.17) is 9.47 Å². The lowest BCUT2D eigenvalue weighted by atomic mass is 9.81. The molecule has 6 nitrogen and oxygen atoms in total. The third-order valence-corrected chi connectivity index (χ3v) is 5.68. The van der Waals surface area contributed by atoms with Crippen LogP contribution in [0.1, 0.15) is 6.42 Å². The van der Waals surface area contributed by atoms with E-state index in [0.29, 0.717) is 52.6 Å². The molecule has 2 amide bonds. The van der Waals surface area contributed by atoms with Crippen molar-refractivity contribution >= 4 is 11.8 Å². The average Bonchev–Trinajstić information content (AvgIpc) is 3.23. The number of carbonyl (C=O) groups is 2. The Hall–Kier alpha value is -1.40. The van der Waals surface area contributed by atoms with E-state index in [1.165, 1.54) is 0 Å². The van der Waals surface area contributed by atoms with Crippen LogP contribution in [0.5, 0.6) is 0 Å². The molecule has 0 radical (unpaired) electrons. The summed E-state index contributed by atoms with van der Waals surface area (Å²) in [7, 11) is 0. The van der Waals surface area contributed by atoms with E-state index < -0.39 is 0 Å². The Morgan fingerprint density at radius 3 is 1.52 bits per heavy atom. The second-order valence-corrected chi connectivity index (χ2v) is 6.88. The van der Waals surface area contributed by atoms with Crippen molar-refractivity contribution < 1.29 is 19.1 Å². The van der Waals surface area contributed by atoms with Gasteiger partial charge in [-0.05, 0) is 18.3 Å². The Morgan fingerprint density at radius 1 is 0.739 bits per heavy atom. The Bertz CT molecular complexity index is 465. The Kier molecular flexibility index (Phi) is 4.11. The largest absolute Gasteiger partial charge is 0.378 e. The summed E-state index contributed by atoms with van der Waals surface area (Å²) >= 11 is 0. The molecule has 6 heteroatoms. The first-order chi connectivity index (χ1) is 11.3. The molecule has 0 aromatic carbocycles. The van der Waals surface area contributed by atoms with Gasteiger partial charge in [0.05, 0.1) is 38.3 Å². The molecule has 1 saturated carbocycles. The van der Waals surface area contributed by atoms with Crippen molar-refractivity contribution in [2.75, 3.05) is 52.6 Å². The second-order valence-electron chi connectivity index (χ2n) is 6.88. The Morgan fingerprint density at radius 2 is 1.13 bits per heavy atom. The van der Waals surface area contributed by atoms with Gasteiger partial charge in [-0.25, -0.2) is 0 Å². The van der Waals surface area contributed by atoms with Gasteiger partial charge < -0.3 is 19.3 Å². The summed E-state index contributed by atoms with van der Waals surface area (Å²) in [5.74, 6) is 0.390. The number of allylic oxidation sites excluding steroid dienone is 2. The highest BCUT2D eigenvalue weighted by Crippen LogP contribution is 2.49. The number of fused-ring (bicyclic) bond motifs is 2. The normalized spacial score (nSPS) is 36.5. The van der Waals surface area contributed by atoms with Crippen LogP contribution in [0.15, 0.2) is 12.2 Å². The van der Waals surface area contributed by atoms with Gasteiger partial charge in [-0.2, -0.15) is 0 Å². The standard InChI is InChI=1S/C17H24N2O4/c20-16(18-3-7-22-8-4-18)14-12-1-2-13(11-12)15(14)17(21)19-5-9-23-10-6-19/h1-2,12-15H,3-11H2/t12-,13-,14+,15+/m0/s1. The van der Waals surface area contributed by atoms with E-state index in [1.54, 1.807) is 0 Å². The molecule has 23 heavy (non-hydrogen) atoms. The highest BCUT2D eigenvalue weighted by Gasteiger charge is 2.53. The van der Waals surface area contributed by atoms with Crippen LogP contribution < -0.4 is 0 Å². The zero-order chi connectivity index (χ0) is 15.8. The maximum absolute atomic E-state index is 13.0. The lowest BCUT2D eigenvalue weighted by molar-refractivity contribution is -0.151. The van der Waals surface area contributed by atoms with Gasteiger partial charge in [0.25, 0.3) is 0 Å². The van der Waals surface area contributed by atoms with Crippen LogP contribution in [0.25, 0.3) is 0 Å². The van der Waals surface area contributed by atoms with Gasteiger partial charge in [0, 0.05) is 26.2 Å². The fourth-order valence-corrected chi connectivity index (χ4v) is 4.48. The zero-order valence-corrected chi connectivity index (χ0v) is 13.4. The first kappa shape index (κ1) is 15.1. The van der Waals surface area contributed by atoms with E-state index in [0.717, 1.165) is 6.42 Å². The topological polar surface area (TPSA) is 59.1 Å². The summed E-state index contributed by atoms with van der Waals surface area (Å²) in [5.41, 5.74) is 0. The quantitative estimate of drug-likeness (QED) is 0.679. The molecule has 2 bridgehead atoms. The van der Waals surface area contributed by atoms with Crippen molar-refractivity contribution in [2.45, 2.75) is 6.42 Å². The molecule has 2 heterocycles. The van der Waals surface area contributed by atoms with Crippen LogP contribution >= 0.6 is 0 Å². The van der Waals surface area contributed by atoms with Crippen molar-refractivity contribution in [1.29, 1.82) is 0 Å². The average molecular weight is 320 g/mol. The molecular weight excluding hydrogens is 296 g/mol. The minimum atomic E-state index is -0.182. The number of rotatable bonds is 2. The number of hydrogen-bond acceptors (Lipinski definition) is 4. The van der Waals surface area contributed by atoms with Crippen molar-refractivity contribution in [2.24, 2.45) is 23.7 Å². The minimum absolute atomic E-state index is 0.150. The van der Waals surface area contributed by atoms with Crippen LogP contribution in [0, 0.1) is 23.7 Å². The van der Waals surface area contributed by atoms with Gasteiger partial charge in [-0.15, -0.1) is 0 Å². The van der Waals surface area contributed by atoms with Crippen molar-refractivity contribution in [3.63, 3.8) is 0 Å². The number of hydrogen-bond donors (Lipinski definition) is 0. The van der Waals surface area contributed by atoms with E-state index >= 15 is 0 Å². The molecule has 2 aliphatic carbocycles. The monoisotopic (exact) mass is 320 g/mol. The predicted molar refractivity (Wildman–Crippen MR) is 82.5 cm³/mol. The number of ether oxygens (including phenoxy) is 2. The molecular formula is C17H24N2O4. The molecule has 126 valence electrons. The highest BCUT2D eigenvalue weighted by molar-refractivity contribution is 5.90. The minimum Gasteiger partial charge on any atom is -0.378 e. The van der Waals surface area contributed by atoms with Crippen LogP contribution in [0.4, 0.5) is 0 Å². The SMILES string of the molecule is O=C([C@H]1[C@H](C(=O)N2CCOCC2)[C@H]2C=C[C@H]1C2)N1CCOCC1. The first-order valence-corrected chi connectivity index (χ1v) is 8.67. The van der Waals surface area contributed by atoms with Gasteiger partial charge >= 0.3 is 0 Å².